The topological polar surface area (TPSA) is 66.5 Å². The lowest BCUT2D eigenvalue weighted by atomic mass is 10.2. The summed E-state index contributed by atoms with van der Waals surface area (Å²) in [6.45, 7) is 3.84. The maximum Gasteiger partial charge on any atom is 0.244 e. The first-order valence-corrected chi connectivity index (χ1v) is 11.2. The molecule has 0 heterocycles. The molecule has 0 radical (unpaired) electrons. The van der Waals surface area contributed by atoms with Crippen molar-refractivity contribution in [3.8, 4) is 0 Å². The molecule has 30 heavy (non-hydrogen) atoms. The smallest absolute Gasteiger partial charge is 0.244 e. The van der Waals surface area contributed by atoms with E-state index in [0.717, 1.165) is 16.7 Å². The van der Waals surface area contributed by atoms with E-state index in [0.29, 0.717) is 12.1 Å². The second kappa shape index (κ2) is 9.69. The van der Waals surface area contributed by atoms with E-state index < -0.39 is 10.0 Å². The van der Waals surface area contributed by atoms with Crippen LogP contribution in [-0.4, -0.2) is 25.2 Å². The molecular formula is C24H26N2O3S. The van der Waals surface area contributed by atoms with E-state index in [1.165, 1.54) is 4.31 Å². The molecule has 5 nitrogen and oxygen atoms in total. The fraction of sp³-hybridized carbons (Fsp3) is 0.208. The number of carbonyl (C=O) groups excluding carboxylic acids is 1. The van der Waals surface area contributed by atoms with E-state index in [2.05, 4.69) is 5.32 Å². The number of benzene rings is 3. The Morgan fingerprint density at radius 2 is 1.47 bits per heavy atom. The summed E-state index contributed by atoms with van der Waals surface area (Å²) in [5.74, 6) is -0.344. The van der Waals surface area contributed by atoms with Crippen LogP contribution in [0, 0.1) is 13.8 Å². The maximum atomic E-state index is 13.5. The zero-order valence-electron chi connectivity index (χ0n) is 17.2. The normalized spacial score (nSPS) is 11.4. The van der Waals surface area contributed by atoms with Gasteiger partial charge in [0, 0.05) is 13.1 Å². The van der Waals surface area contributed by atoms with Gasteiger partial charge < -0.3 is 5.32 Å². The van der Waals surface area contributed by atoms with Crippen molar-refractivity contribution in [1.29, 1.82) is 0 Å². The summed E-state index contributed by atoms with van der Waals surface area (Å²) in [7, 11) is -3.86. The second-order valence-corrected chi connectivity index (χ2v) is 9.20. The van der Waals surface area contributed by atoms with Crippen LogP contribution < -0.4 is 5.32 Å². The third-order valence-electron chi connectivity index (χ3n) is 4.82. The lowest BCUT2D eigenvalue weighted by Crippen LogP contribution is -2.40. The molecule has 0 aliphatic heterocycles. The number of carbonyl (C=O) groups is 1. The lowest BCUT2D eigenvalue weighted by molar-refractivity contribution is -0.121. The first-order chi connectivity index (χ1) is 14.4. The molecule has 0 fully saturated rings. The van der Waals surface area contributed by atoms with Gasteiger partial charge in [0.2, 0.25) is 15.9 Å². The summed E-state index contributed by atoms with van der Waals surface area (Å²) in [5.41, 5.74) is 3.29. The predicted octanol–water partition coefficient (Wildman–Crippen LogP) is 3.81. The standard InChI is InChI=1S/C24H26N2O3S/c1-19-13-14-20(2)23(15-19)30(28,29)26(17-22-11-7-4-8-12-22)18-24(27)25-16-21-9-5-3-6-10-21/h3-15H,16-18H2,1-2H3,(H,25,27). The van der Waals surface area contributed by atoms with E-state index in [1.54, 1.807) is 19.1 Å². The summed E-state index contributed by atoms with van der Waals surface area (Å²) in [5, 5.41) is 2.82. The summed E-state index contributed by atoms with van der Waals surface area (Å²) < 4.78 is 28.2. The van der Waals surface area contributed by atoms with E-state index >= 15 is 0 Å². The van der Waals surface area contributed by atoms with Gasteiger partial charge >= 0.3 is 0 Å². The van der Waals surface area contributed by atoms with Crippen molar-refractivity contribution in [1.82, 2.24) is 9.62 Å². The van der Waals surface area contributed by atoms with Crippen LogP contribution in [0.3, 0.4) is 0 Å². The van der Waals surface area contributed by atoms with Gasteiger partial charge in [0.25, 0.3) is 0 Å². The Labute approximate surface area is 178 Å². The maximum absolute atomic E-state index is 13.5. The molecule has 0 saturated heterocycles. The molecular weight excluding hydrogens is 396 g/mol. The van der Waals surface area contributed by atoms with Crippen molar-refractivity contribution in [3.63, 3.8) is 0 Å². The number of hydrogen-bond donors (Lipinski definition) is 1. The van der Waals surface area contributed by atoms with Crippen LogP contribution in [0.5, 0.6) is 0 Å². The zero-order valence-corrected chi connectivity index (χ0v) is 18.0. The summed E-state index contributed by atoms with van der Waals surface area (Å²) in [6, 6.07) is 24.1. The van der Waals surface area contributed by atoms with Gasteiger partial charge in [-0.1, -0.05) is 72.8 Å². The molecule has 1 N–H and O–H groups in total. The van der Waals surface area contributed by atoms with Gasteiger partial charge in [0.05, 0.1) is 11.4 Å². The van der Waals surface area contributed by atoms with Crippen molar-refractivity contribution in [2.75, 3.05) is 6.54 Å². The monoisotopic (exact) mass is 422 g/mol. The van der Waals surface area contributed by atoms with Crippen molar-refractivity contribution in [2.24, 2.45) is 0 Å². The molecule has 3 aromatic rings. The van der Waals surface area contributed by atoms with E-state index in [9.17, 15) is 13.2 Å². The van der Waals surface area contributed by atoms with Gasteiger partial charge in [-0.2, -0.15) is 4.31 Å². The second-order valence-electron chi connectivity index (χ2n) is 7.29. The number of nitrogens with one attached hydrogen (secondary N) is 1. The average Bonchev–Trinajstić information content (AvgIpc) is 2.75. The summed E-state index contributed by atoms with van der Waals surface area (Å²) in [4.78, 5) is 12.9. The highest BCUT2D eigenvalue weighted by molar-refractivity contribution is 7.89. The minimum atomic E-state index is -3.86. The number of amides is 1. The van der Waals surface area contributed by atoms with Crippen LogP contribution in [0.15, 0.2) is 83.8 Å². The summed E-state index contributed by atoms with van der Waals surface area (Å²) in [6.07, 6.45) is 0. The van der Waals surface area contributed by atoms with Gasteiger partial charge in [0.1, 0.15) is 0 Å². The molecule has 3 rings (SSSR count). The largest absolute Gasteiger partial charge is 0.351 e. The van der Waals surface area contributed by atoms with Crippen LogP contribution in [0.25, 0.3) is 0 Å². The fourth-order valence-corrected chi connectivity index (χ4v) is 4.84. The third-order valence-corrected chi connectivity index (χ3v) is 6.75. The third kappa shape index (κ3) is 5.55. The van der Waals surface area contributed by atoms with Crippen molar-refractivity contribution in [2.45, 2.75) is 31.8 Å². The quantitative estimate of drug-likeness (QED) is 0.600. The summed E-state index contributed by atoms with van der Waals surface area (Å²) >= 11 is 0. The van der Waals surface area contributed by atoms with Crippen molar-refractivity contribution >= 4 is 15.9 Å². The van der Waals surface area contributed by atoms with E-state index in [1.807, 2.05) is 73.7 Å². The number of hydrogen-bond acceptors (Lipinski definition) is 3. The Kier molecular flexibility index (Phi) is 7.03. The Morgan fingerprint density at radius 3 is 2.10 bits per heavy atom. The van der Waals surface area contributed by atoms with Crippen LogP contribution >= 0.6 is 0 Å². The van der Waals surface area contributed by atoms with Crippen LogP contribution in [-0.2, 0) is 27.9 Å². The first-order valence-electron chi connectivity index (χ1n) is 9.78. The number of rotatable bonds is 8. The first kappa shape index (κ1) is 21.7. The molecule has 0 unspecified atom stereocenters. The molecule has 0 spiro atoms. The van der Waals surface area contributed by atoms with Crippen molar-refractivity contribution in [3.05, 3.63) is 101 Å². The molecule has 0 bridgehead atoms. The fourth-order valence-electron chi connectivity index (χ4n) is 3.15. The van der Waals surface area contributed by atoms with E-state index in [-0.39, 0.29) is 23.9 Å². The molecule has 0 saturated carbocycles. The Bertz CT molecular complexity index is 1100. The van der Waals surface area contributed by atoms with Crippen LogP contribution in [0.1, 0.15) is 22.3 Å². The van der Waals surface area contributed by atoms with E-state index in [4.69, 9.17) is 0 Å². The molecule has 0 aliphatic rings. The molecule has 3 aromatic carbocycles. The highest BCUT2D eigenvalue weighted by Crippen LogP contribution is 2.23. The zero-order chi connectivity index (χ0) is 21.6. The Balaban J connectivity index is 1.84. The highest BCUT2D eigenvalue weighted by Gasteiger charge is 2.28. The molecule has 0 aromatic heterocycles. The number of nitrogens with zero attached hydrogens (tertiary/aromatic N) is 1. The minimum absolute atomic E-state index is 0.120. The molecule has 156 valence electrons. The van der Waals surface area contributed by atoms with Gasteiger partial charge in [-0.05, 0) is 42.2 Å². The van der Waals surface area contributed by atoms with Gasteiger partial charge in [-0.15, -0.1) is 0 Å². The number of sulfonamides is 1. The van der Waals surface area contributed by atoms with Gasteiger partial charge in [-0.3, -0.25) is 4.79 Å². The molecule has 1 amide bonds. The van der Waals surface area contributed by atoms with Crippen LogP contribution in [0.4, 0.5) is 0 Å². The average molecular weight is 423 g/mol. The molecule has 6 heteroatoms. The van der Waals surface area contributed by atoms with Gasteiger partial charge in [0.15, 0.2) is 0 Å². The SMILES string of the molecule is Cc1ccc(C)c(S(=O)(=O)N(CC(=O)NCc2ccccc2)Cc2ccccc2)c1. The predicted molar refractivity (Wildman–Crippen MR) is 118 cm³/mol. The molecule has 0 atom stereocenters. The lowest BCUT2D eigenvalue weighted by Gasteiger charge is -2.23. The Morgan fingerprint density at radius 1 is 0.867 bits per heavy atom. The highest BCUT2D eigenvalue weighted by atomic mass is 32.2. The molecule has 0 aliphatic carbocycles. The minimum Gasteiger partial charge on any atom is -0.351 e. The Hall–Kier alpha value is -2.96. The number of aryl methyl sites for hydroxylation is 2. The van der Waals surface area contributed by atoms with Crippen LogP contribution in [0.2, 0.25) is 0 Å². The van der Waals surface area contributed by atoms with Gasteiger partial charge in [-0.25, -0.2) is 8.42 Å². The van der Waals surface area contributed by atoms with Crippen molar-refractivity contribution < 1.29 is 13.2 Å².